The van der Waals surface area contributed by atoms with Gasteiger partial charge in [0.25, 0.3) is 5.91 Å². The van der Waals surface area contributed by atoms with E-state index in [1.54, 1.807) is 24.3 Å². The second-order valence-corrected chi connectivity index (χ2v) is 6.92. The minimum atomic E-state index is 0.0242. The first kappa shape index (κ1) is 17.5. The minimum Gasteiger partial charge on any atom is -0.508 e. The molecule has 0 bridgehead atoms. The maximum atomic E-state index is 12.7. The van der Waals surface area contributed by atoms with Crippen LogP contribution in [-0.2, 0) is 6.54 Å². The number of likely N-dealkylation sites (tertiary alicyclic amines) is 1. The van der Waals surface area contributed by atoms with Crippen LogP contribution in [0.1, 0.15) is 34.9 Å². The topological polar surface area (TPSA) is 61.6 Å². The summed E-state index contributed by atoms with van der Waals surface area (Å²) in [6.07, 6.45) is 5.92. The molecule has 0 aliphatic carbocycles. The summed E-state index contributed by atoms with van der Waals surface area (Å²) in [7, 11) is 4.13. The lowest BCUT2D eigenvalue weighted by Gasteiger charge is -2.33. The van der Waals surface area contributed by atoms with Crippen LogP contribution in [0.15, 0.2) is 36.7 Å². The average molecular weight is 342 g/mol. The Hall–Kier alpha value is -2.34. The number of carbonyl (C=O) groups is 1. The van der Waals surface area contributed by atoms with E-state index in [1.807, 2.05) is 17.3 Å². The number of carbonyl (C=O) groups excluding carboxylic acids is 1. The molecule has 0 unspecified atom stereocenters. The summed E-state index contributed by atoms with van der Waals surface area (Å²) in [6, 6.07) is 6.48. The maximum absolute atomic E-state index is 12.7. The van der Waals surface area contributed by atoms with E-state index in [1.165, 1.54) is 0 Å². The van der Waals surface area contributed by atoms with Crippen molar-refractivity contribution in [1.29, 1.82) is 0 Å². The molecule has 134 valence electrons. The minimum absolute atomic E-state index is 0.0242. The summed E-state index contributed by atoms with van der Waals surface area (Å²) in [5, 5.41) is 9.40. The number of piperidine rings is 1. The number of benzene rings is 1. The van der Waals surface area contributed by atoms with Gasteiger partial charge in [0.1, 0.15) is 11.6 Å². The van der Waals surface area contributed by atoms with Gasteiger partial charge in [-0.1, -0.05) is 0 Å². The quantitative estimate of drug-likeness (QED) is 0.905. The van der Waals surface area contributed by atoms with Gasteiger partial charge in [0.15, 0.2) is 0 Å². The summed E-state index contributed by atoms with van der Waals surface area (Å²) in [5.74, 6) is 1.55. The number of likely N-dealkylation sites (N-methyl/N-ethyl adjacent to an activating group) is 1. The van der Waals surface area contributed by atoms with Crippen LogP contribution >= 0.6 is 0 Å². The van der Waals surface area contributed by atoms with E-state index in [9.17, 15) is 9.90 Å². The molecule has 1 aromatic carbocycles. The maximum Gasteiger partial charge on any atom is 0.253 e. The number of hydrogen-bond acceptors (Lipinski definition) is 4. The van der Waals surface area contributed by atoms with Crippen molar-refractivity contribution in [3.63, 3.8) is 0 Å². The number of imidazole rings is 1. The van der Waals surface area contributed by atoms with Crippen molar-refractivity contribution in [2.24, 2.45) is 0 Å². The van der Waals surface area contributed by atoms with Gasteiger partial charge in [-0.3, -0.25) is 4.79 Å². The largest absolute Gasteiger partial charge is 0.508 e. The molecule has 1 aromatic heterocycles. The lowest BCUT2D eigenvalue weighted by atomic mass is 9.96. The van der Waals surface area contributed by atoms with Crippen molar-refractivity contribution in [2.45, 2.75) is 25.3 Å². The molecule has 1 N–H and O–H groups in total. The smallest absolute Gasteiger partial charge is 0.253 e. The molecule has 0 saturated carbocycles. The molecular weight excluding hydrogens is 316 g/mol. The number of aromatic hydroxyl groups is 1. The van der Waals surface area contributed by atoms with Crippen molar-refractivity contribution < 1.29 is 9.90 Å². The molecule has 1 saturated heterocycles. The second kappa shape index (κ2) is 7.70. The van der Waals surface area contributed by atoms with Crippen LogP contribution in [0, 0.1) is 0 Å². The molecule has 2 heterocycles. The molecule has 1 amide bonds. The Labute approximate surface area is 148 Å². The Morgan fingerprint density at radius 3 is 2.80 bits per heavy atom. The number of amides is 1. The van der Waals surface area contributed by atoms with E-state index in [4.69, 9.17) is 0 Å². The summed E-state index contributed by atoms with van der Waals surface area (Å²) in [6.45, 7) is 3.34. The average Bonchev–Trinajstić information content (AvgIpc) is 3.09. The number of phenols is 1. The van der Waals surface area contributed by atoms with Gasteiger partial charge < -0.3 is 19.5 Å². The van der Waals surface area contributed by atoms with Gasteiger partial charge in [-0.15, -0.1) is 0 Å². The fourth-order valence-electron chi connectivity index (χ4n) is 3.34. The van der Waals surface area contributed by atoms with Gasteiger partial charge in [-0.25, -0.2) is 4.98 Å². The molecule has 1 aliphatic rings. The Kier molecular flexibility index (Phi) is 5.38. The van der Waals surface area contributed by atoms with Crippen molar-refractivity contribution in [3.05, 3.63) is 48.0 Å². The molecule has 6 nitrogen and oxygen atoms in total. The van der Waals surface area contributed by atoms with Gasteiger partial charge in [0.2, 0.25) is 0 Å². The van der Waals surface area contributed by atoms with Crippen molar-refractivity contribution in [3.8, 4) is 5.75 Å². The summed E-state index contributed by atoms with van der Waals surface area (Å²) < 4.78 is 2.21. The highest BCUT2D eigenvalue weighted by Crippen LogP contribution is 2.27. The highest BCUT2D eigenvalue weighted by atomic mass is 16.3. The number of phenolic OH excluding ortho intramolecular Hbond substituents is 1. The first-order chi connectivity index (χ1) is 12.0. The zero-order valence-corrected chi connectivity index (χ0v) is 14.9. The Bertz CT molecular complexity index is 708. The van der Waals surface area contributed by atoms with E-state index >= 15 is 0 Å². The summed E-state index contributed by atoms with van der Waals surface area (Å²) in [5.41, 5.74) is 0.620. The van der Waals surface area contributed by atoms with Crippen molar-refractivity contribution in [2.75, 3.05) is 33.7 Å². The predicted molar refractivity (Wildman–Crippen MR) is 96.8 cm³/mol. The molecule has 1 aliphatic heterocycles. The van der Waals surface area contributed by atoms with Crippen molar-refractivity contribution >= 4 is 5.91 Å². The number of hydrogen-bond donors (Lipinski definition) is 1. The van der Waals surface area contributed by atoms with E-state index in [-0.39, 0.29) is 17.6 Å². The van der Waals surface area contributed by atoms with Gasteiger partial charge in [0.05, 0.1) is 0 Å². The van der Waals surface area contributed by atoms with Crippen molar-refractivity contribution in [1.82, 2.24) is 19.4 Å². The molecule has 0 radical (unpaired) electrons. The fraction of sp³-hybridized carbons (Fsp3) is 0.474. The molecular formula is C19H26N4O2. The van der Waals surface area contributed by atoms with Crippen LogP contribution in [-0.4, -0.2) is 64.1 Å². The molecule has 0 spiro atoms. The van der Waals surface area contributed by atoms with E-state index in [0.717, 1.165) is 38.3 Å². The highest BCUT2D eigenvalue weighted by molar-refractivity contribution is 5.94. The normalized spacial score (nSPS) is 17.9. The Balaban J connectivity index is 1.70. The third-order valence-corrected chi connectivity index (χ3v) is 4.72. The van der Waals surface area contributed by atoms with Crippen LogP contribution in [0.4, 0.5) is 0 Å². The first-order valence-corrected chi connectivity index (χ1v) is 8.78. The molecule has 6 heteroatoms. The van der Waals surface area contributed by atoms with E-state index in [0.29, 0.717) is 12.1 Å². The summed E-state index contributed by atoms with van der Waals surface area (Å²) in [4.78, 5) is 21.4. The zero-order valence-electron chi connectivity index (χ0n) is 14.9. The van der Waals surface area contributed by atoms with Crippen LogP contribution < -0.4 is 0 Å². The number of rotatable bonds is 5. The van der Waals surface area contributed by atoms with Crippen LogP contribution in [0.5, 0.6) is 5.75 Å². The van der Waals surface area contributed by atoms with Gasteiger partial charge in [-0.2, -0.15) is 0 Å². The van der Waals surface area contributed by atoms with Gasteiger partial charge in [-0.05, 0) is 51.2 Å². The first-order valence-electron chi connectivity index (χ1n) is 8.78. The number of nitrogens with zero attached hydrogens (tertiary/aromatic N) is 4. The van der Waals surface area contributed by atoms with Gasteiger partial charge in [0, 0.05) is 50.1 Å². The fourth-order valence-corrected chi connectivity index (χ4v) is 3.34. The molecule has 1 fully saturated rings. The SMILES string of the molecule is CN(C)CCn1ccnc1[C@@H]1CCCN(C(=O)c2ccc(O)cc2)C1. The third kappa shape index (κ3) is 4.20. The highest BCUT2D eigenvalue weighted by Gasteiger charge is 2.28. The Morgan fingerprint density at radius 1 is 1.32 bits per heavy atom. The Morgan fingerprint density at radius 2 is 2.08 bits per heavy atom. The van der Waals surface area contributed by atoms with Gasteiger partial charge >= 0.3 is 0 Å². The lowest BCUT2D eigenvalue weighted by molar-refractivity contribution is 0.0703. The molecule has 3 rings (SSSR count). The number of aromatic nitrogens is 2. The lowest BCUT2D eigenvalue weighted by Crippen LogP contribution is -2.39. The zero-order chi connectivity index (χ0) is 17.8. The standard InChI is InChI=1S/C19H26N4O2/c1-21(2)12-13-22-11-9-20-18(22)16-4-3-10-23(14-16)19(25)15-5-7-17(24)8-6-15/h5-9,11,16,24H,3-4,10,12-14H2,1-2H3/t16-/m1/s1. The second-order valence-electron chi connectivity index (χ2n) is 6.92. The molecule has 1 atom stereocenters. The van der Waals surface area contributed by atoms with E-state index in [2.05, 4.69) is 28.5 Å². The molecule has 2 aromatic rings. The summed E-state index contributed by atoms with van der Waals surface area (Å²) >= 11 is 0. The predicted octanol–water partition coefficient (Wildman–Crippen LogP) is 2.17. The third-order valence-electron chi connectivity index (χ3n) is 4.72. The van der Waals surface area contributed by atoms with E-state index < -0.39 is 0 Å². The molecule has 25 heavy (non-hydrogen) atoms. The van der Waals surface area contributed by atoms with Crippen LogP contribution in [0.2, 0.25) is 0 Å². The monoisotopic (exact) mass is 342 g/mol. The van der Waals surface area contributed by atoms with Crippen LogP contribution in [0.3, 0.4) is 0 Å². The van der Waals surface area contributed by atoms with Crippen LogP contribution in [0.25, 0.3) is 0 Å².